The Bertz CT molecular complexity index is 442. The van der Waals surface area contributed by atoms with Gasteiger partial charge in [0.15, 0.2) is 5.90 Å². The van der Waals surface area contributed by atoms with E-state index in [0.29, 0.717) is 12.1 Å². The van der Waals surface area contributed by atoms with Gasteiger partial charge in [0.05, 0.1) is 0 Å². The number of hydrogen-bond acceptors (Lipinski definition) is 3. The molecule has 3 rings (SSSR count). The molecule has 2 aliphatic heterocycles. The number of nitrogens with one attached hydrogen (secondary N) is 1. The van der Waals surface area contributed by atoms with Crippen LogP contribution in [0.3, 0.4) is 0 Å². The van der Waals surface area contributed by atoms with Gasteiger partial charge < -0.3 is 10.1 Å². The zero-order valence-electron chi connectivity index (χ0n) is 10.1. The van der Waals surface area contributed by atoms with E-state index in [9.17, 15) is 0 Å². The van der Waals surface area contributed by atoms with Gasteiger partial charge in [0.25, 0.3) is 0 Å². The van der Waals surface area contributed by atoms with Crippen LogP contribution in [0.1, 0.15) is 17.5 Å². The summed E-state index contributed by atoms with van der Waals surface area (Å²) in [6.07, 6.45) is 2.22. The van der Waals surface area contributed by atoms with Crippen LogP contribution in [0.25, 0.3) is 0 Å². The SMILES string of the molecule is Cc1ccccc1CC1=NC2CNCCC2O1. The van der Waals surface area contributed by atoms with Gasteiger partial charge in [-0.15, -0.1) is 0 Å². The number of nitrogens with zero attached hydrogens (tertiary/aromatic N) is 1. The first-order valence-corrected chi connectivity index (χ1v) is 6.31. The Balaban J connectivity index is 1.72. The van der Waals surface area contributed by atoms with Gasteiger partial charge in [-0.05, 0) is 31.0 Å². The molecule has 17 heavy (non-hydrogen) atoms. The number of rotatable bonds is 2. The lowest BCUT2D eigenvalue weighted by Crippen LogP contribution is -2.41. The van der Waals surface area contributed by atoms with Crippen molar-refractivity contribution in [1.82, 2.24) is 5.32 Å². The van der Waals surface area contributed by atoms with Crippen LogP contribution in [0.4, 0.5) is 0 Å². The van der Waals surface area contributed by atoms with Crippen LogP contribution in [0.2, 0.25) is 0 Å². The van der Waals surface area contributed by atoms with E-state index in [2.05, 4.69) is 41.5 Å². The highest BCUT2D eigenvalue weighted by Gasteiger charge is 2.32. The Labute approximate surface area is 102 Å². The van der Waals surface area contributed by atoms with Crippen molar-refractivity contribution in [2.45, 2.75) is 31.9 Å². The molecule has 3 nitrogen and oxygen atoms in total. The van der Waals surface area contributed by atoms with Gasteiger partial charge >= 0.3 is 0 Å². The Kier molecular flexibility index (Phi) is 2.85. The van der Waals surface area contributed by atoms with Crippen LogP contribution < -0.4 is 5.32 Å². The van der Waals surface area contributed by atoms with Crippen molar-refractivity contribution < 1.29 is 4.74 Å². The molecule has 0 bridgehead atoms. The van der Waals surface area contributed by atoms with Crippen LogP contribution >= 0.6 is 0 Å². The summed E-state index contributed by atoms with van der Waals surface area (Å²) in [7, 11) is 0. The Morgan fingerprint density at radius 2 is 2.29 bits per heavy atom. The standard InChI is InChI=1S/C14H18N2O/c1-10-4-2-3-5-11(10)8-14-16-12-9-15-7-6-13(12)17-14/h2-5,12-13,15H,6-9H2,1H3. The molecule has 2 aliphatic rings. The van der Waals surface area contributed by atoms with Crippen molar-refractivity contribution in [2.75, 3.05) is 13.1 Å². The molecule has 2 atom stereocenters. The molecule has 0 spiro atoms. The summed E-state index contributed by atoms with van der Waals surface area (Å²) in [5.41, 5.74) is 2.63. The summed E-state index contributed by atoms with van der Waals surface area (Å²) < 4.78 is 5.93. The summed E-state index contributed by atoms with van der Waals surface area (Å²) in [6.45, 7) is 4.15. The Hall–Kier alpha value is -1.35. The van der Waals surface area contributed by atoms with E-state index in [1.165, 1.54) is 11.1 Å². The molecular formula is C14H18N2O. The average molecular weight is 230 g/mol. The van der Waals surface area contributed by atoms with Gasteiger partial charge in [0.1, 0.15) is 12.1 Å². The third-order valence-electron chi connectivity index (χ3n) is 3.59. The van der Waals surface area contributed by atoms with Gasteiger partial charge in [0, 0.05) is 13.0 Å². The second-order valence-electron chi connectivity index (χ2n) is 4.84. The first kappa shape index (κ1) is 10.8. The van der Waals surface area contributed by atoms with Crippen LogP contribution in [0, 0.1) is 6.92 Å². The maximum atomic E-state index is 5.93. The van der Waals surface area contributed by atoms with Crippen LogP contribution in [0.15, 0.2) is 29.3 Å². The first-order valence-electron chi connectivity index (χ1n) is 6.31. The third-order valence-corrected chi connectivity index (χ3v) is 3.59. The second-order valence-corrected chi connectivity index (χ2v) is 4.84. The smallest absolute Gasteiger partial charge is 0.188 e. The van der Waals surface area contributed by atoms with E-state index in [1.54, 1.807) is 0 Å². The molecule has 1 aromatic rings. The lowest BCUT2D eigenvalue weighted by Gasteiger charge is -2.23. The molecular weight excluding hydrogens is 212 g/mol. The van der Waals surface area contributed by atoms with E-state index in [4.69, 9.17) is 4.74 Å². The van der Waals surface area contributed by atoms with Crippen LogP contribution in [0.5, 0.6) is 0 Å². The van der Waals surface area contributed by atoms with Crippen LogP contribution in [-0.4, -0.2) is 31.1 Å². The van der Waals surface area contributed by atoms with Crippen LogP contribution in [-0.2, 0) is 11.2 Å². The second kappa shape index (κ2) is 4.49. The predicted octanol–water partition coefficient (Wildman–Crippen LogP) is 1.70. The minimum atomic E-state index is 0.315. The minimum absolute atomic E-state index is 0.315. The molecule has 90 valence electrons. The summed E-state index contributed by atoms with van der Waals surface area (Å²) in [5.74, 6) is 0.915. The van der Waals surface area contributed by atoms with Crippen molar-refractivity contribution in [1.29, 1.82) is 0 Å². The summed E-state index contributed by atoms with van der Waals surface area (Å²) in [5, 5.41) is 3.36. The lowest BCUT2D eigenvalue weighted by atomic mass is 10.1. The molecule has 0 saturated carbocycles. The normalized spacial score (nSPS) is 27.2. The fraction of sp³-hybridized carbons (Fsp3) is 0.500. The van der Waals surface area contributed by atoms with Crippen molar-refractivity contribution in [3.63, 3.8) is 0 Å². The van der Waals surface area contributed by atoms with E-state index in [-0.39, 0.29) is 0 Å². The zero-order chi connectivity index (χ0) is 11.7. The summed E-state index contributed by atoms with van der Waals surface area (Å²) in [4.78, 5) is 4.68. The number of fused-ring (bicyclic) bond motifs is 1. The highest BCUT2D eigenvalue weighted by molar-refractivity contribution is 5.81. The van der Waals surface area contributed by atoms with Crippen molar-refractivity contribution >= 4 is 5.90 Å². The lowest BCUT2D eigenvalue weighted by molar-refractivity contribution is 0.158. The summed E-state index contributed by atoms with van der Waals surface area (Å²) >= 11 is 0. The number of ether oxygens (including phenoxy) is 1. The topological polar surface area (TPSA) is 33.6 Å². The van der Waals surface area contributed by atoms with Crippen molar-refractivity contribution in [3.8, 4) is 0 Å². The predicted molar refractivity (Wildman–Crippen MR) is 68.5 cm³/mol. The van der Waals surface area contributed by atoms with Gasteiger partial charge in [-0.25, -0.2) is 4.99 Å². The van der Waals surface area contributed by atoms with E-state index >= 15 is 0 Å². The highest BCUT2D eigenvalue weighted by Crippen LogP contribution is 2.21. The number of aryl methyl sites for hydroxylation is 1. The zero-order valence-corrected chi connectivity index (χ0v) is 10.1. The molecule has 1 N–H and O–H groups in total. The first-order chi connectivity index (χ1) is 8.33. The highest BCUT2D eigenvalue weighted by atomic mass is 16.5. The molecule has 2 unspecified atom stereocenters. The number of piperidine rings is 1. The number of aliphatic imine (C=N–C) groups is 1. The largest absolute Gasteiger partial charge is 0.475 e. The summed E-state index contributed by atoms with van der Waals surface area (Å²) in [6, 6.07) is 8.77. The minimum Gasteiger partial charge on any atom is -0.475 e. The maximum absolute atomic E-state index is 5.93. The molecule has 1 aromatic carbocycles. The van der Waals surface area contributed by atoms with E-state index in [1.807, 2.05) is 0 Å². The van der Waals surface area contributed by atoms with Gasteiger partial charge in [-0.3, -0.25) is 0 Å². The van der Waals surface area contributed by atoms with Gasteiger partial charge in [-0.1, -0.05) is 24.3 Å². The number of hydrogen-bond donors (Lipinski definition) is 1. The molecule has 1 fully saturated rings. The molecule has 0 radical (unpaired) electrons. The van der Waals surface area contributed by atoms with Crippen molar-refractivity contribution in [3.05, 3.63) is 35.4 Å². The fourth-order valence-electron chi connectivity index (χ4n) is 2.53. The quantitative estimate of drug-likeness (QED) is 0.839. The van der Waals surface area contributed by atoms with Gasteiger partial charge in [0.2, 0.25) is 0 Å². The third kappa shape index (κ3) is 2.20. The molecule has 0 amide bonds. The monoisotopic (exact) mass is 230 g/mol. The molecule has 0 aromatic heterocycles. The van der Waals surface area contributed by atoms with Crippen molar-refractivity contribution in [2.24, 2.45) is 4.99 Å². The molecule has 0 aliphatic carbocycles. The molecule has 1 saturated heterocycles. The fourth-order valence-corrected chi connectivity index (χ4v) is 2.53. The van der Waals surface area contributed by atoms with E-state index < -0.39 is 0 Å². The van der Waals surface area contributed by atoms with E-state index in [0.717, 1.165) is 31.8 Å². The molecule has 3 heteroatoms. The Morgan fingerprint density at radius 3 is 3.12 bits per heavy atom. The Morgan fingerprint density at radius 1 is 1.41 bits per heavy atom. The average Bonchev–Trinajstić information content (AvgIpc) is 2.74. The number of benzene rings is 1. The maximum Gasteiger partial charge on any atom is 0.188 e. The van der Waals surface area contributed by atoms with Gasteiger partial charge in [-0.2, -0.15) is 0 Å². The molecule has 2 heterocycles.